The lowest BCUT2D eigenvalue weighted by atomic mass is 10.1. The number of likely N-dealkylation sites (N-methyl/N-ethyl adjacent to an activating group) is 1. The average Bonchev–Trinajstić information content (AvgIpc) is 3.02. The Hall–Kier alpha value is -0.220. The number of rotatable bonds is 6. The van der Waals surface area contributed by atoms with Gasteiger partial charge in [-0.25, -0.2) is 0 Å². The largest absolute Gasteiger partial charge is 0.341 e. The summed E-state index contributed by atoms with van der Waals surface area (Å²) in [5.41, 5.74) is 5.73. The second-order valence-corrected chi connectivity index (χ2v) is 5.36. The number of thioether (sulfide) groups is 1. The van der Waals surface area contributed by atoms with Gasteiger partial charge in [-0.05, 0) is 25.0 Å². The first kappa shape index (κ1) is 12.8. The van der Waals surface area contributed by atoms with Crippen LogP contribution >= 0.6 is 11.8 Å². The van der Waals surface area contributed by atoms with Crippen LogP contribution in [0.2, 0.25) is 0 Å². The van der Waals surface area contributed by atoms with Crippen LogP contribution < -0.4 is 5.73 Å². The van der Waals surface area contributed by atoms with E-state index in [9.17, 15) is 4.79 Å². The van der Waals surface area contributed by atoms with Crippen LogP contribution in [0.4, 0.5) is 0 Å². The average molecular weight is 230 g/mol. The normalized spacial score (nSPS) is 19.7. The molecule has 88 valence electrons. The molecule has 0 aromatic heterocycles. The van der Waals surface area contributed by atoms with Crippen molar-refractivity contribution in [1.29, 1.82) is 0 Å². The highest BCUT2D eigenvalue weighted by molar-refractivity contribution is 7.98. The molecule has 4 heteroatoms. The van der Waals surface area contributed by atoms with Gasteiger partial charge in [0.15, 0.2) is 0 Å². The molecule has 2 N–H and O–H groups in total. The van der Waals surface area contributed by atoms with Crippen molar-refractivity contribution in [1.82, 2.24) is 4.90 Å². The molecule has 3 nitrogen and oxygen atoms in total. The first-order valence-corrected chi connectivity index (χ1v) is 6.96. The number of hydrogen-bond donors (Lipinski definition) is 1. The van der Waals surface area contributed by atoms with Crippen LogP contribution in [0.5, 0.6) is 0 Å². The van der Waals surface area contributed by atoms with Gasteiger partial charge in [-0.3, -0.25) is 4.79 Å². The van der Waals surface area contributed by atoms with Gasteiger partial charge in [-0.2, -0.15) is 11.8 Å². The summed E-state index contributed by atoms with van der Waals surface area (Å²) in [4.78, 5) is 13.9. The van der Waals surface area contributed by atoms with Gasteiger partial charge < -0.3 is 10.6 Å². The Bertz CT molecular complexity index is 219. The molecule has 1 aliphatic carbocycles. The molecule has 0 saturated heterocycles. The minimum atomic E-state index is 0.109. The standard InChI is InChI=1S/C11H22N2OS/c1-8(7-15-3)11(14)13(2)10(6-12)9-4-5-9/h8-10H,4-7,12H2,1-3H3. The minimum Gasteiger partial charge on any atom is -0.341 e. The van der Waals surface area contributed by atoms with Crippen LogP contribution in [0.15, 0.2) is 0 Å². The summed E-state index contributed by atoms with van der Waals surface area (Å²) in [7, 11) is 1.90. The summed E-state index contributed by atoms with van der Waals surface area (Å²) in [6, 6.07) is 0.266. The molecule has 0 radical (unpaired) electrons. The molecular formula is C11H22N2OS. The Morgan fingerprint density at radius 3 is 2.60 bits per heavy atom. The molecule has 0 aromatic carbocycles. The molecule has 1 fully saturated rings. The topological polar surface area (TPSA) is 46.3 Å². The van der Waals surface area contributed by atoms with E-state index in [1.54, 1.807) is 11.8 Å². The van der Waals surface area contributed by atoms with E-state index < -0.39 is 0 Å². The molecule has 0 aliphatic heterocycles. The maximum absolute atomic E-state index is 12.0. The van der Waals surface area contributed by atoms with Gasteiger partial charge in [0.1, 0.15) is 0 Å². The molecule has 1 saturated carbocycles. The van der Waals surface area contributed by atoms with Crippen molar-refractivity contribution in [3.63, 3.8) is 0 Å². The maximum Gasteiger partial charge on any atom is 0.226 e. The first-order valence-electron chi connectivity index (χ1n) is 5.57. The van der Waals surface area contributed by atoms with Crippen molar-refractivity contribution in [3.05, 3.63) is 0 Å². The third-order valence-corrected chi connectivity index (χ3v) is 3.92. The molecule has 2 unspecified atom stereocenters. The van der Waals surface area contributed by atoms with Crippen molar-refractivity contribution in [2.45, 2.75) is 25.8 Å². The zero-order chi connectivity index (χ0) is 11.4. The Kier molecular flexibility index (Phi) is 4.93. The van der Waals surface area contributed by atoms with Crippen LogP contribution in [0.1, 0.15) is 19.8 Å². The second-order valence-electron chi connectivity index (χ2n) is 4.45. The Morgan fingerprint density at radius 2 is 2.20 bits per heavy atom. The highest BCUT2D eigenvalue weighted by Gasteiger charge is 2.35. The second kappa shape index (κ2) is 5.75. The fourth-order valence-corrected chi connectivity index (χ4v) is 2.62. The zero-order valence-corrected chi connectivity index (χ0v) is 10.7. The Labute approximate surface area is 96.8 Å². The molecule has 1 rings (SSSR count). The highest BCUT2D eigenvalue weighted by Crippen LogP contribution is 2.34. The number of carbonyl (C=O) groups excluding carboxylic acids is 1. The lowest BCUT2D eigenvalue weighted by Gasteiger charge is -2.29. The van der Waals surface area contributed by atoms with Gasteiger partial charge in [0.2, 0.25) is 5.91 Å². The Morgan fingerprint density at radius 1 is 1.60 bits per heavy atom. The zero-order valence-electron chi connectivity index (χ0n) is 9.90. The van der Waals surface area contributed by atoms with Crippen molar-refractivity contribution in [2.75, 3.05) is 25.6 Å². The molecule has 1 amide bonds. The lowest BCUT2D eigenvalue weighted by Crippen LogP contribution is -2.45. The van der Waals surface area contributed by atoms with Gasteiger partial charge in [0, 0.05) is 31.3 Å². The Balaban J connectivity index is 2.49. The van der Waals surface area contributed by atoms with E-state index in [0.717, 1.165) is 5.75 Å². The van der Waals surface area contributed by atoms with Crippen LogP contribution in [-0.4, -0.2) is 42.4 Å². The summed E-state index contributed by atoms with van der Waals surface area (Å²) in [6.07, 6.45) is 4.50. The van der Waals surface area contributed by atoms with E-state index in [0.29, 0.717) is 12.5 Å². The van der Waals surface area contributed by atoms with Gasteiger partial charge in [0.05, 0.1) is 0 Å². The third kappa shape index (κ3) is 3.38. The summed E-state index contributed by atoms with van der Waals surface area (Å²) >= 11 is 1.72. The van der Waals surface area contributed by atoms with E-state index in [4.69, 9.17) is 5.73 Å². The molecule has 0 spiro atoms. The van der Waals surface area contributed by atoms with Gasteiger partial charge in [-0.1, -0.05) is 6.92 Å². The molecule has 15 heavy (non-hydrogen) atoms. The fourth-order valence-electron chi connectivity index (χ4n) is 1.98. The van der Waals surface area contributed by atoms with Crippen molar-refractivity contribution in [2.24, 2.45) is 17.6 Å². The lowest BCUT2D eigenvalue weighted by molar-refractivity contribution is -0.135. The maximum atomic E-state index is 12.0. The fraction of sp³-hybridized carbons (Fsp3) is 0.909. The number of nitrogens with two attached hydrogens (primary N) is 1. The smallest absolute Gasteiger partial charge is 0.226 e. The van der Waals surface area contributed by atoms with Crippen LogP contribution in [0.25, 0.3) is 0 Å². The highest BCUT2D eigenvalue weighted by atomic mass is 32.2. The van der Waals surface area contributed by atoms with E-state index >= 15 is 0 Å². The van der Waals surface area contributed by atoms with Crippen molar-refractivity contribution >= 4 is 17.7 Å². The molecule has 0 heterocycles. The monoisotopic (exact) mass is 230 g/mol. The van der Waals surface area contributed by atoms with Crippen molar-refractivity contribution < 1.29 is 4.79 Å². The molecular weight excluding hydrogens is 208 g/mol. The SMILES string of the molecule is CSCC(C)C(=O)N(C)C(CN)C1CC1. The van der Waals surface area contributed by atoms with Gasteiger partial charge in [0.25, 0.3) is 0 Å². The molecule has 1 aliphatic rings. The number of nitrogens with zero attached hydrogens (tertiary/aromatic N) is 1. The van der Waals surface area contributed by atoms with Gasteiger partial charge in [-0.15, -0.1) is 0 Å². The van der Waals surface area contributed by atoms with Crippen LogP contribution in [0.3, 0.4) is 0 Å². The third-order valence-electron chi connectivity index (χ3n) is 3.09. The first-order chi connectivity index (χ1) is 7.11. The predicted octanol–water partition coefficient (Wildman–Crippen LogP) is 1.18. The van der Waals surface area contributed by atoms with Crippen molar-refractivity contribution in [3.8, 4) is 0 Å². The van der Waals surface area contributed by atoms with E-state index in [1.807, 2.05) is 25.1 Å². The van der Waals surface area contributed by atoms with Crippen LogP contribution in [-0.2, 0) is 4.79 Å². The quantitative estimate of drug-likeness (QED) is 0.745. The molecule has 0 bridgehead atoms. The minimum absolute atomic E-state index is 0.109. The molecule has 2 atom stereocenters. The summed E-state index contributed by atoms with van der Waals surface area (Å²) in [5.74, 6) is 1.90. The van der Waals surface area contributed by atoms with E-state index in [1.165, 1.54) is 12.8 Å². The van der Waals surface area contributed by atoms with Gasteiger partial charge >= 0.3 is 0 Å². The summed E-state index contributed by atoms with van der Waals surface area (Å²) in [5, 5.41) is 0. The summed E-state index contributed by atoms with van der Waals surface area (Å²) < 4.78 is 0. The summed E-state index contributed by atoms with van der Waals surface area (Å²) in [6.45, 7) is 2.59. The number of amides is 1. The molecule has 0 aromatic rings. The number of hydrogen-bond acceptors (Lipinski definition) is 3. The number of carbonyl (C=O) groups is 1. The van der Waals surface area contributed by atoms with Crippen LogP contribution in [0, 0.1) is 11.8 Å². The van der Waals surface area contributed by atoms with E-state index in [-0.39, 0.29) is 17.9 Å². The predicted molar refractivity (Wildman–Crippen MR) is 65.9 cm³/mol. The van der Waals surface area contributed by atoms with E-state index in [2.05, 4.69) is 0 Å².